The fraction of sp³-hybridized carbons (Fsp3) is 0. The van der Waals surface area contributed by atoms with Crippen LogP contribution in [0, 0.1) is 14.9 Å². The summed E-state index contributed by atoms with van der Waals surface area (Å²) in [4.78, 5) is 0. The SMILES string of the molecule is O.O.[I][La]([I])[I]. The second-order valence-electron chi connectivity index (χ2n) is 0.247. The van der Waals surface area contributed by atoms with Gasteiger partial charge in [-0.05, 0) is 0 Å². The van der Waals surface area contributed by atoms with E-state index >= 15 is 0 Å². The molecular formula is H4I3LaO2. The normalized spacial score (nSPS) is 4.50. The Balaban J connectivity index is -0.0000000450. The van der Waals surface area contributed by atoms with E-state index in [-0.39, 0.29) is 11.0 Å². The number of hydrogen-bond acceptors (Lipinski definition) is 0. The summed E-state index contributed by atoms with van der Waals surface area (Å²) in [6, 6.07) is 0. The van der Waals surface area contributed by atoms with Crippen LogP contribution >= 0.6 is 46.7 Å². The Bertz CT molecular complexity index is 13.5. The minimum atomic E-state index is -0.812. The van der Waals surface area contributed by atoms with Gasteiger partial charge in [-0.3, -0.25) is 0 Å². The molecule has 0 aromatic rings. The Morgan fingerprint density at radius 1 is 0.833 bits per heavy atom. The molecule has 2 nitrogen and oxygen atoms in total. The predicted molar refractivity (Wildman–Crippen MR) is 49.3 cm³/mol. The molecule has 0 radical (unpaired) electrons. The predicted octanol–water partition coefficient (Wildman–Crippen LogP) is 1.01. The molecule has 0 rings (SSSR count). The molecule has 0 saturated heterocycles. The second-order valence-corrected chi connectivity index (χ2v) is 81.1. The Labute approximate surface area is 70.0 Å². The molecule has 6 heavy (non-hydrogen) atoms. The van der Waals surface area contributed by atoms with Crippen molar-refractivity contribution < 1.29 is 25.9 Å². The van der Waals surface area contributed by atoms with E-state index in [0.29, 0.717) is 0 Å². The van der Waals surface area contributed by atoms with Gasteiger partial charge in [0.25, 0.3) is 0 Å². The summed E-state index contributed by atoms with van der Waals surface area (Å²) in [7, 11) is 0. The fourth-order valence-electron chi connectivity index (χ4n) is 0. The van der Waals surface area contributed by atoms with Crippen molar-refractivity contribution in [3.63, 3.8) is 0 Å². The zero-order valence-electron chi connectivity index (χ0n) is 2.71. The molecule has 0 bridgehead atoms. The summed E-state index contributed by atoms with van der Waals surface area (Å²) >= 11 is 6.80. The van der Waals surface area contributed by atoms with Crippen LogP contribution in [0.4, 0.5) is 0 Å². The van der Waals surface area contributed by atoms with Crippen LogP contribution in [0.2, 0.25) is 0 Å². The first kappa shape index (κ1) is 16.1. The molecule has 0 heterocycles. The molecule has 0 unspecified atom stereocenters. The van der Waals surface area contributed by atoms with Crippen molar-refractivity contribution in [1.82, 2.24) is 0 Å². The van der Waals surface area contributed by atoms with Crippen LogP contribution in [-0.2, 0) is 0 Å². The van der Waals surface area contributed by atoms with Gasteiger partial charge < -0.3 is 11.0 Å². The van der Waals surface area contributed by atoms with Gasteiger partial charge in [-0.2, -0.15) is 0 Å². The molecule has 0 aliphatic carbocycles. The molecule has 0 aliphatic rings. The first-order chi connectivity index (χ1) is 1.73. The third kappa shape index (κ3) is 26.6. The first-order valence-corrected chi connectivity index (χ1v) is 32.0. The Morgan fingerprint density at radius 3 is 0.833 bits per heavy atom. The van der Waals surface area contributed by atoms with Gasteiger partial charge in [-0.25, -0.2) is 0 Å². The van der Waals surface area contributed by atoms with E-state index in [9.17, 15) is 0 Å². The number of hydrogen-bond donors (Lipinski definition) is 0. The van der Waals surface area contributed by atoms with E-state index in [0.717, 1.165) is 0 Å². The summed E-state index contributed by atoms with van der Waals surface area (Å²) < 4.78 is 0. The zero-order chi connectivity index (χ0) is 3.58. The molecule has 0 amide bonds. The molecule has 0 aliphatic heterocycles. The molecule has 0 aromatic heterocycles. The van der Waals surface area contributed by atoms with Crippen molar-refractivity contribution in [3.05, 3.63) is 0 Å². The Hall–Kier alpha value is 3.30. The van der Waals surface area contributed by atoms with Crippen LogP contribution in [0.5, 0.6) is 0 Å². The van der Waals surface area contributed by atoms with Crippen LogP contribution < -0.4 is 0 Å². The van der Waals surface area contributed by atoms with Gasteiger partial charge in [0.15, 0.2) is 0 Å². The summed E-state index contributed by atoms with van der Waals surface area (Å²) in [6.07, 6.45) is 0. The minimum absolute atomic E-state index is 0. The van der Waals surface area contributed by atoms with Crippen LogP contribution in [-0.4, -0.2) is 11.0 Å². The van der Waals surface area contributed by atoms with Gasteiger partial charge >= 0.3 is 61.6 Å². The van der Waals surface area contributed by atoms with E-state index in [4.69, 9.17) is 0 Å². The average Bonchev–Trinajstić information content (AvgIpc) is 0.811. The summed E-state index contributed by atoms with van der Waals surface area (Å²) in [6.45, 7) is 0. The molecule has 4 N–H and O–H groups in total. The first-order valence-electron chi connectivity index (χ1n) is 0.655. The molecule has 0 spiro atoms. The van der Waals surface area contributed by atoms with Gasteiger partial charge in [0, 0.05) is 0 Å². The number of halogens is 3. The van der Waals surface area contributed by atoms with Crippen molar-refractivity contribution in [3.8, 4) is 0 Å². The van der Waals surface area contributed by atoms with Gasteiger partial charge in [-0.15, -0.1) is 0 Å². The third-order valence-corrected chi connectivity index (χ3v) is 0. The van der Waals surface area contributed by atoms with Crippen molar-refractivity contribution in [1.29, 1.82) is 0 Å². The van der Waals surface area contributed by atoms with E-state index in [2.05, 4.69) is 46.7 Å². The Kier molecular flexibility index (Phi) is 30.0. The van der Waals surface area contributed by atoms with E-state index in [1.165, 1.54) is 0 Å². The molecule has 6 heteroatoms. The third-order valence-electron chi connectivity index (χ3n) is 0. The van der Waals surface area contributed by atoms with Gasteiger partial charge in [-0.1, -0.05) is 0 Å². The van der Waals surface area contributed by atoms with Crippen LogP contribution in [0.25, 0.3) is 0 Å². The van der Waals surface area contributed by atoms with Gasteiger partial charge in [0.05, 0.1) is 0 Å². The van der Waals surface area contributed by atoms with E-state index in [1.807, 2.05) is 0 Å². The van der Waals surface area contributed by atoms with Gasteiger partial charge in [0.2, 0.25) is 0 Å². The summed E-state index contributed by atoms with van der Waals surface area (Å²) in [5, 5.41) is 0. The van der Waals surface area contributed by atoms with Crippen molar-refractivity contribution in [2.75, 3.05) is 0 Å². The standard InChI is InChI=1S/3HI.La.2H2O/h3*1H;;2*1H2/q;;;+3;;/p-3. The topological polar surface area (TPSA) is 63.0 Å². The molecule has 0 saturated carbocycles. The van der Waals surface area contributed by atoms with Crippen LogP contribution in [0.1, 0.15) is 0 Å². The second kappa shape index (κ2) is 11.1. The molecule has 0 fully saturated rings. The monoisotopic (exact) mass is 556 g/mol. The zero-order valence-corrected chi connectivity index (χ0v) is 12.8. The molecule has 40 valence electrons. The molecule has 0 atom stereocenters. The Morgan fingerprint density at radius 2 is 0.833 bits per heavy atom. The maximum atomic E-state index is 2.54. The fourth-order valence-corrected chi connectivity index (χ4v) is 0. The quantitative estimate of drug-likeness (QED) is 0.401. The summed E-state index contributed by atoms with van der Waals surface area (Å²) in [5.74, 6) is 0. The average molecular weight is 556 g/mol. The van der Waals surface area contributed by atoms with Crippen molar-refractivity contribution in [2.24, 2.45) is 0 Å². The maximum absolute atomic E-state index is 2.54. The van der Waals surface area contributed by atoms with Crippen molar-refractivity contribution >= 4 is 46.7 Å². The number of rotatable bonds is 0. The molecule has 0 aromatic carbocycles. The molecular weight excluding hydrogens is 552 g/mol. The van der Waals surface area contributed by atoms with Gasteiger partial charge in [0.1, 0.15) is 0 Å². The van der Waals surface area contributed by atoms with Crippen LogP contribution in [0.3, 0.4) is 0 Å². The van der Waals surface area contributed by atoms with Crippen molar-refractivity contribution in [2.45, 2.75) is 0 Å². The van der Waals surface area contributed by atoms with Crippen LogP contribution in [0.15, 0.2) is 0 Å². The van der Waals surface area contributed by atoms with E-state index in [1.54, 1.807) is 0 Å². The summed E-state index contributed by atoms with van der Waals surface area (Å²) in [5.41, 5.74) is 0. The van der Waals surface area contributed by atoms with E-state index < -0.39 is 14.9 Å².